The summed E-state index contributed by atoms with van der Waals surface area (Å²) in [6, 6.07) is 3.08. The third-order valence-electron chi connectivity index (χ3n) is 4.41. The summed E-state index contributed by atoms with van der Waals surface area (Å²) in [5, 5.41) is 20.1. The van der Waals surface area contributed by atoms with Gasteiger partial charge in [-0.15, -0.1) is 12.4 Å². The van der Waals surface area contributed by atoms with Gasteiger partial charge in [0.05, 0.1) is 12.1 Å². The standard InChI is InChI=1S/C16H25NO2.ClH/c1-10-8-13(18)9-11(2)14(10)15(17)16(19)12-6-4-3-5-7-12;/h8-9,12,15-16,18-19H,3-7,17H2,1-2H3;1H/t15-,16+;/m0./s1. The lowest BCUT2D eigenvalue weighted by atomic mass is 9.80. The first-order valence-corrected chi connectivity index (χ1v) is 7.24. The molecule has 0 radical (unpaired) electrons. The van der Waals surface area contributed by atoms with Crippen LogP contribution in [0.1, 0.15) is 54.8 Å². The van der Waals surface area contributed by atoms with Gasteiger partial charge in [-0.05, 0) is 61.4 Å². The summed E-state index contributed by atoms with van der Waals surface area (Å²) in [5.74, 6) is 0.578. The molecule has 4 N–H and O–H groups in total. The molecule has 1 saturated carbocycles. The van der Waals surface area contributed by atoms with Gasteiger partial charge in [-0.25, -0.2) is 0 Å². The number of aromatic hydroxyl groups is 1. The monoisotopic (exact) mass is 299 g/mol. The first-order chi connectivity index (χ1) is 9.00. The van der Waals surface area contributed by atoms with Crippen molar-refractivity contribution >= 4 is 12.4 Å². The molecular formula is C16H26ClNO2. The summed E-state index contributed by atoms with van der Waals surface area (Å²) in [5.41, 5.74) is 9.19. The number of aryl methyl sites for hydroxylation is 2. The molecule has 20 heavy (non-hydrogen) atoms. The minimum Gasteiger partial charge on any atom is -0.508 e. The van der Waals surface area contributed by atoms with E-state index in [1.54, 1.807) is 12.1 Å². The smallest absolute Gasteiger partial charge is 0.116 e. The van der Waals surface area contributed by atoms with Crippen molar-refractivity contribution in [1.82, 2.24) is 0 Å². The molecule has 0 heterocycles. The average molecular weight is 300 g/mol. The van der Waals surface area contributed by atoms with Crippen LogP contribution in [0, 0.1) is 19.8 Å². The molecule has 2 rings (SSSR count). The lowest BCUT2D eigenvalue weighted by molar-refractivity contribution is 0.0614. The summed E-state index contributed by atoms with van der Waals surface area (Å²) in [6.07, 6.45) is 5.33. The number of phenolic OH excluding ortho intramolecular Hbond substituents is 1. The number of phenols is 1. The Morgan fingerprint density at radius 2 is 1.60 bits per heavy atom. The minimum atomic E-state index is -0.484. The van der Waals surface area contributed by atoms with Crippen LogP contribution in [0.4, 0.5) is 0 Å². The summed E-state index contributed by atoms with van der Waals surface area (Å²) in [7, 11) is 0. The number of halogens is 1. The van der Waals surface area contributed by atoms with E-state index < -0.39 is 6.10 Å². The van der Waals surface area contributed by atoms with Crippen LogP contribution in [0.3, 0.4) is 0 Å². The number of benzene rings is 1. The second kappa shape index (κ2) is 7.30. The van der Waals surface area contributed by atoms with E-state index >= 15 is 0 Å². The van der Waals surface area contributed by atoms with Crippen LogP contribution in [0.5, 0.6) is 5.75 Å². The van der Waals surface area contributed by atoms with E-state index in [-0.39, 0.29) is 24.2 Å². The van der Waals surface area contributed by atoms with Gasteiger partial charge in [0.25, 0.3) is 0 Å². The molecule has 4 heteroatoms. The van der Waals surface area contributed by atoms with E-state index in [9.17, 15) is 10.2 Å². The van der Waals surface area contributed by atoms with Gasteiger partial charge in [-0.2, -0.15) is 0 Å². The Hall–Kier alpha value is -0.770. The topological polar surface area (TPSA) is 66.5 Å². The molecule has 2 atom stereocenters. The Morgan fingerprint density at radius 3 is 2.10 bits per heavy atom. The fourth-order valence-corrected chi connectivity index (χ4v) is 3.42. The van der Waals surface area contributed by atoms with Gasteiger partial charge < -0.3 is 15.9 Å². The molecule has 0 bridgehead atoms. The molecule has 1 aliphatic rings. The highest BCUT2D eigenvalue weighted by Gasteiger charge is 2.29. The van der Waals surface area contributed by atoms with Crippen LogP contribution >= 0.6 is 12.4 Å². The lowest BCUT2D eigenvalue weighted by Gasteiger charge is -2.32. The predicted molar refractivity (Wildman–Crippen MR) is 84.3 cm³/mol. The van der Waals surface area contributed by atoms with Gasteiger partial charge in [-0.3, -0.25) is 0 Å². The molecule has 1 aromatic carbocycles. The van der Waals surface area contributed by atoms with E-state index in [0.29, 0.717) is 5.92 Å². The predicted octanol–water partition coefficient (Wildman–Crippen LogP) is 3.37. The Labute approximate surface area is 127 Å². The first-order valence-electron chi connectivity index (χ1n) is 7.24. The Bertz CT molecular complexity index is 421. The van der Waals surface area contributed by atoms with E-state index in [2.05, 4.69) is 0 Å². The van der Waals surface area contributed by atoms with Crippen LogP contribution in [0.25, 0.3) is 0 Å². The molecule has 0 aliphatic heterocycles. The number of hydrogen-bond donors (Lipinski definition) is 3. The second-order valence-corrected chi connectivity index (χ2v) is 5.91. The maximum atomic E-state index is 10.5. The van der Waals surface area contributed by atoms with Crippen molar-refractivity contribution in [1.29, 1.82) is 0 Å². The number of aliphatic hydroxyl groups excluding tert-OH is 1. The summed E-state index contributed by atoms with van der Waals surface area (Å²) in [4.78, 5) is 0. The summed E-state index contributed by atoms with van der Waals surface area (Å²) in [6.45, 7) is 3.88. The minimum absolute atomic E-state index is 0. The third-order valence-corrected chi connectivity index (χ3v) is 4.41. The third kappa shape index (κ3) is 3.66. The first kappa shape index (κ1) is 17.3. The highest BCUT2D eigenvalue weighted by Crippen LogP contribution is 2.34. The van der Waals surface area contributed by atoms with Gasteiger partial charge in [0.1, 0.15) is 5.75 Å². The van der Waals surface area contributed by atoms with Crippen molar-refractivity contribution in [2.45, 2.75) is 58.1 Å². The van der Waals surface area contributed by atoms with Crippen molar-refractivity contribution in [3.05, 3.63) is 28.8 Å². The molecule has 0 saturated heterocycles. The zero-order chi connectivity index (χ0) is 14.0. The number of hydrogen-bond acceptors (Lipinski definition) is 3. The molecule has 1 aromatic rings. The van der Waals surface area contributed by atoms with Crippen molar-refractivity contribution in [3.63, 3.8) is 0 Å². The quantitative estimate of drug-likeness (QED) is 0.801. The molecule has 114 valence electrons. The van der Waals surface area contributed by atoms with Crippen molar-refractivity contribution < 1.29 is 10.2 Å². The van der Waals surface area contributed by atoms with Crippen LogP contribution in [-0.2, 0) is 0 Å². The van der Waals surface area contributed by atoms with Crippen LogP contribution < -0.4 is 5.73 Å². The number of nitrogens with two attached hydrogens (primary N) is 1. The summed E-state index contributed by atoms with van der Waals surface area (Å²) < 4.78 is 0. The zero-order valence-corrected chi connectivity index (χ0v) is 13.1. The Morgan fingerprint density at radius 1 is 1.10 bits per heavy atom. The SMILES string of the molecule is Cc1cc(O)cc(C)c1[C@H](N)[C@H](O)C1CCCCC1.Cl. The van der Waals surface area contributed by atoms with E-state index in [0.717, 1.165) is 29.5 Å². The normalized spacial score (nSPS) is 19.2. The molecule has 0 amide bonds. The van der Waals surface area contributed by atoms with E-state index in [4.69, 9.17) is 5.73 Å². The Balaban J connectivity index is 0.00000200. The molecule has 0 spiro atoms. The molecule has 1 fully saturated rings. The fraction of sp³-hybridized carbons (Fsp3) is 0.625. The Kier molecular flexibility index (Phi) is 6.31. The second-order valence-electron chi connectivity index (χ2n) is 5.91. The van der Waals surface area contributed by atoms with E-state index in [1.807, 2.05) is 13.8 Å². The fourth-order valence-electron chi connectivity index (χ4n) is 3.42. The highest BCUT2D eigenvalue weighted by atomic mass is 35.5. The molecule has 0 aromatic heterocycles. The maximum Gasteiger partial charge on any atom is 0.116 e. The maximum absolute atomic E-state index is 10.5. The summed E-state index contributed by atoms with van der Waals surface area (Å²) >= 11 is 0. The molecule has 3 nitrogen and oxygen atoms in total. The van der Waals surface area contributed by atoms with Crippen LogP contribution in [0.15, 0.2) is 12.1 Å². The molecule has 1 aliphatic carbocycles. The molecule has 0 unspecified atom stereocenters. The molecular weight excluding hydrogens is 274 g/mol. The highest BCUT2D eigenvalue weighted by molar-refractivity contribution is 5.85. The average Bonchev–Trinajstić information content (AvgIpc) is 2.37. The van der Waals surface area contributed by atoms with Gasteiger partial charge in [-0.1, -0.05) is 19.3 Å². The largest absolute Gasteiger partial charge is 0.508 e. The van der Waals surface area contributed by atoms with Crippen molar-refractivity contribution in [2.24, 2.45) is 11.7 Å². The van der Waals surface area contributed by atoms with Gasteiger partial charge in [0.15, 0.2) is 0 Å². The van der Waals surface area contributed by atoms with Crippen LogP contribution in [0.2, 0.25) is 0 Å². The van der Waals surface area contributed by atoms with E-state index in [1.165, 1.54) is 19.3 Å². The number of aliphatic hydroxyl groups is 1. The number of rotatable bonds is 3. The zero-order valence-electron chi connectivity index (χ0n) is 12.3. The van der Waals surface area contributed by atoms with Crippen LogP contribution in [-0.4, -0.2) is 16.3 Å². The van der Waals surface area contributed by atoms with Crippen molar-refractivity contribution in [2.75, 3.05) is 0 Å². The van der Waals surface area contributed by atoms with Gasteiger partial charge in [0.2, 0.25) is 0 Å². The van der Waals surface area contributed by atoms with Gasteiger partial charge >= 0.3 is 0 Å². The van der Waals surface area contributed by atoms with Gasteiger partial charge in [0, 0.05) is 0 Å². The lowest BCUT2D eigenvalue weighted by Crippen LogP contribution is -2.35. The van der Waals surface area contributed by atoms with Crippen molar-refractivity contribution in [3.8, 4) is 5.75 Å².